The smallest absolute Gasteiger partial charge is 0.273 e. The first kappa shape index (κ1) is 31.7. The molecular weight excluding hydrogens is 586 g/mol. The summed E-state index contributed by atoms with van der Waals surface area (Å²) in [5.74, 6) is -0.648. The van der Waals surface area contributed by atoms with Gasteiger partial charge >= 0.3 is 0 Å². The van der Waals surface area contributed by atoms with E-state index in [9.17, 15) is 14.4 Å². The third-order valence-electron chi connectivity index (χ3n) is 8.10. The Morgan fingerprint density at radius 2 is 1.67 bits per heavy atom. The number of hydrogen-bond donors (Lipinski definition) is 3. The molecule has 1 saturated carbocycles. The second kappa shape index (κ2) is 14.9. The summed E-state index contributed by atoms with van der Waals surface area (Å²) in [5, 5.41) is 6.07. The molecule has 0 unspecified atom stereocenters. The Bertz CT molecular complexity index is 1600. The van der Waals surface area contributed by atoms with E-state index in [1.165, 1.54) is 4.90 Å². The van der Waals surface area contributed by atoms with Gasteiger partial charge in [-0.2, -0.15) is 4.37 Å². The first-order valence-electron chi connectivity index (χ1n) is 15.3. The fourth-order valence-corrected chi connectivity index (χ4v) is 6.32. The summed E-state index contributed by atoms with van der Waals surface area (Å²) in [6.07, 6.45) is 5.73. The molecule has 0 radical (unpaired) electrons. The molecule has 0 saturated heterocycles. The summed E-state index contributed by atoms with van der Waals surface area (Å²) < 4.78 is 9.67. The molecule has 1 fully saturated rings. The number of benzene rings is 3. The number of nitrogens with one attached hydrogen (secondary N) is 2. The molecule has 10 heteroatoms. The molecule has 3 amide bonds. The van der Waals surface area contributed by atoms with Gasteiger partial charge in [0.2, 0.25) is 5.91 Å². The molecule has 4 N–H and O–H groups in total. The maximum Gasteiger partial charge on any atom is 0.273 e. The average molecular weight is 626 g/mol. The summed E-state index contributed by atoms with van der Waals surface area (Å²) in [4.78, 5) is 43.3. The van der Waals surface area contributed by atoms with Gasteiger partial charge < -0.3 is 21.1 Å². The molecule has 0 bridgehead atoms. The summed E-state index contributed by atoms with van der Waals surface area (Å²) >= 11 is 0.868. The molecule has 1 heterocycles. The number of hydrogen-bond acceptors (Lipinski definition) is 7. The molecule has 1 atom stereocenters. The zero-order valence-electron chi connectivity index (χ0n) is 25.6. The number of anilines is 2. The first-order chi connectivity index (χ1) is 21.9. The second-order valence-electron chi connectivity index (χ2n) is 11.3. The van der Waals surface area contributed by atoms with Crippen LogP contribution in [0, 0.1) is 6.92 Å². The van der Waals surface area contributed by atoms with Gasteiger partial charge in [0.25, 0.3) is 11.8 Å². The summed E-state index contributed by atoms with van der Waals surface area (Å²) in [6, 6.07) is 23.3. The van der Waals surface area contributed by atoms with Crippen LogP contribution in [-0.4, -0.2) is 41.8 Å². The highest BCUT2D eigenvalue weighted by Crippen LogP contribution is 2.34. The monoisotopic (exact) mass is 625 g/mol. The van der Waals surface area contributed by atoms with Crippen molar-refractivity contribution in [3.8, 4) is 5.75 Å². The Balaban J connectivity index is 1.49. The lowest BCUT2D eigenvalue weighted by molar-refractivity contribution is -0.122. The Hall–Kier alpha value is -4.70. The van der Waals surface area contributed by atoms with E-state index in [1.54, 1.807) is 43.5 Å². The van der Waals surface area contributed by atoms with E-state index in [2.05, 4.69) is 15.0 Å². The van der Waals surface area contributed by atoms with E-state index in [-0.39, 0.29) is 34.1 Å². The standard InChI is InChI=1S/C35H39N5O4S/c1-23-13-17-27(18-14-23)40(35(43)32-29(36)30(39-45-32)33(41)38-26-11-7-4-8-12-26)31(25-15-19-28(44-2)20-16-25)34(42)37-22-21-24-9-5-3-6-10-24/h3,5-6,9-10,13-20,26,31H,4,7-8,11-12,21-22,36H2,1-2H3,(H,37,42)(H,38,41)/t31-/m0/s1. The highest BCUT2D eigenvalue weighted by molar-refractivity contribution is 7.09. The van der Waals surface area contributed by atoms with Crippen LogP contribution in [0.5, 0.6) is 5.75 Å². The Morgan fingerprint density at radius 3 is 2.33 bits per heavy atom. The minimum absolute atomic E-state index is 0.00777. The second-order valence-corrected chi connectivity index (χ2v) is 12.1. The van der Waals surface area contributed by atoms with Gasteiger partial charge in [0.15, 0.2) is 5.69 Å². The normalized spacial score (nSPS) is 13.9. The third kappa shape index (κ3) is 7.69. The number of nitrogens with two attached hydrogens (primary N) is 1. The lowest BCUT2D eigenvalue weighted by Gasteiger charge is -2.31. The molecule has 0 spiro atoms. The van der Waals surface area contributed by atoms with Crippen molar-refractivity contribution in [1.29, 1.82) is 0 Å². The zero-order valence-corrected chi connectivity index (χ0v) is 26.4. The number of carbonyl (C=O) groups excluding carboxylic acids is 3. The van der Waals surface area contributed by atoms with Crippen LogP contribution in [-0.2, 0) is 11.2 Å². The van der Waals surface area contributed by atoms with Crippen molar-refractivity contribution in [2.24, 2.45) is 0 Å². The summed E-state index contributed by atoms with van der Waals surface area (Å²) in [5.41, 5.74) is 9.68. The van der Waals surface area contributed by atoms with Crippen LogP contribution in [0.1, 0.15) is 75.0 Å². The summed E-state index contributed by atoms with van der Waals surface area (Å²) in [6.45, 7) is 2.32. The Labute approximate surface area is 268 Å². The van der Waals surface area contributed by atoms with Gasteiger partial charge in [0, 0.05) is 18.3 Å². The number of aryl methyl sites for hydroxylation is 1. The highest BCUT2D eigenvalue weighted by Gasteiger charge is 2.36. The lowest BCUT2D eigenvalue weighted by Crippen LogP contribution is -2.44. The zero-order chi connectivity index (χ0) is 31.8. The van der Waals surface area contributed by atoms with Crippen molar-refractivity contribution in [3.63, 3.8) is 0 Å². The fourth-order valence-electron chi connectivity index (χ4n) is 5.59. The Kier molecular flexibility index (Phi) is 10.5. The fraction of sp³-hybridized carbons (Fsp3) is 0.314. The molecule has 1 aliphatic carbocycles. The van der Waals surface area contributed by atoms with Crippen LogP contribution in [0.25, 0.3) is 0 Å². The molecule has 5 rings (SSSR count). The van der Waals surface area contributed by atoms with Gasteiger partial charge in [-0.3, -0.25) is 19.3 Å². The number of rotatable bonds is 11. The SMILES string of the molecule is COc1ccc([C@@H](C(=O)NCCc2ccccc2)N(C(=O)c2snc(C(=O)NC3CCCCC3)c2N)c2ccc(C)cc2)cc1. The van der Waals surface area contributed by atoms with Crippen molar-refractivity contribution in [1.82, 2.24) is 15.0 Å². The first-order valence-corrected chi connectivity index (χ1v) is 16.0. The number of nitrogen functional groups attached to an aromatic ring is 1. The van der Waals surface area contributed by atoms with Gasteiger partial charge in [-0.05, 0) is 73.1 Å². The maximum atomic E-state index is 14.5. The molecule has 0 aliphatic heterocycles. The average Bonchev–Trinajstić information content (AvgIpc) is 3.46. The van der Waals surface area contributed by atoms with Crippen LogP contribution in [0.2, 0.25) is 0 Å². The Morgan fingerprint density at radius 1 is 0.978 bits per heavy atom. The number of nitrogens with zero attached hydrogens (tertiary/aromatic N) is 2. The molecular formula is C35H39N5O4S. The third-order valence-corrected chi connectivity index (χ3v) is 8.95. The minimum atomic E-state index is -1.05. The number of ether oxygens (including phenoxy) is 1. The minimum Gasteiger partial charge on any atom is -0.497 e. The molecule has 1 aromatic heterocycles. The molecule has 45 heavy (non-hydrogen) atoms. The molecule has 234 valence electrons. The van der Waals surface area contributed by atoms with Crippen molar-refractivity contribution < 1.29 is 19.1 Å². The van der Waals surface area contributed by atoms with Gasteiger partial charge in [-0.25, -0.2) is 0 Å². The number of amides is 3. The van der Waals surface area contributed by atoms with E-state index >= 15 is 0 Å². The van der Waals surface area contributed by atoms with E-state index in [1.807, 2.05) is 49.4 Å². The number of methoxy groups -OCH3 is 1. The summed E-state index contributed by atoms with van der Waals surface area (Å²) in [7, 11) is 1.57. The van der Waals surface area contributed by atoms with Crippen molar-refractivity contribution >= 4 is 40.6 Å². The largest absolute Gasteiger partial charge is 0.497 e. The number of carbonyl (C=O) groups is 3. The van der Waals surface area contributed by atoms with Crippen LogP contribution in [0.15, 0.2) is 78.9 Å². The van der Waals surface area contributed by atoms with Crippen LogP contribution < -0.4 is 26.0 Å². The van der Waals surface area contributed by atoms with Gasteiger partial charge in [-0.15, -0.1) is 0 Å². The molecule has 9 nitrogen and oxygen atoms in total. The lowest BCUT2D eigenvalue weighted by atomic mass is 9.95. The predicted molar refractivity (Wildman–Crippen MR) is 178 cm³/mol. The quantitative estimate of drug-likeness (QED) is 0.192. The van der Waals surface area contributed by atoms with Gasteiger partial charge in [0.05, 0.1) is 12.8 Å². The van der Waals surface area contributed by atoms with E-state index < -0.39 is 11.9 Å². The maximum absolute atomic E-state index is 14.5. The van der Waals surface area contributed by atoms with E-state index in [0.29, 0.717) is 30.0 Å². The molecule has 3 aromatic carbocycles. The van der Waals surface area contributed by atoms with Crippen LogP contribution >= 0.6 is 11.5 Å². The van der Waals surface area contributed by atoms with Gasteiger partial charge in [-0.1, -0.05) is 79.4 Å². The van der Waals surface area contributed by atoms with Crippen LogP contribution in [0.3, 0.4) is 0 Å². The molecule has 4 aromatic rings. The predicted octanol–water partition coefficient (Wildman–Crippen LogP) is 5.85. The molecule has 1 aliphatic rings. The topological polar surface area (TPSA) is 127 Å². The van der Waals surface area contributed by atoms with E-state index in [0.717, 1.165) is 54.8 Å². The van der Waals surface area contributed by atoms with Crippen LogP contribution in [0.4, 0.5) is 11.4 Å². The van der Waals surface area contributed by atoms with Crippen molar-refractivity contribution in [2.45, 2.75) is 57.5 Å². The van der Waals surface area contributed by atoms with Crippen molar-refractivity contribution in [2.75, 3.05) is 24.3 Å². The van der Waals surface area contributed by atoms with E-state index in [4.69, 9.17) is 10.5 Å². The highest BCUT2D eigenvalue weighted by atomic mass is 32.1. The van der Waals surface area contributed by atoms with Crippen molar-refractivity contribution in [3.05, 3.63) is 106 Å². The van der Waals surface area contributed by atoms with Gasteiger partial charge in [0.1, 0.15) is 16.7 Å². The number of aromatic nitrogens is 1.